The molecule has 2 N–H and O–H groups in total. The summed E-state index contributed by atoms with van der Waals surface area (Å²) >= 11 is 0. The van der Waals surface area contributed by atoms with Crippen molar-refractivity contribution in [2.24, 2.45) is 0 Å². The number of aryl methyl sites for hydroxylation is 1. The first-order valence-electron chi connectivity index (χ1n) is 11.8. The lowest BCUT2D eigenvalue weighted by Crippen LogP contribution is -2.35. The van der Waals surface area contributed by atoms with E-state index in [1.54, 1.807) is 24.5 Å². The zero-order valence-electron chi connectivity index (χ0n) is 20.0. The highest BCUT2D eigenvalue weighted by Crippen LogP contribution is 2.28. The van der Waals surface area contributed by atoms with Gasteiger partial charge in [0.15, 0.2) is 0 Å². The molecule has 4 aromatic rings. The van der Waals surface area contributed by atoms with Crippen molar-refractivity contribution in [2.45, 2.75) is 13.5 Å². The van der Waals surface area contributed by atoms with Gasteiger partial charge in [0.1, 0.15) is 18.0 Å². The Morgan fingerprint density at radius 1 is 1.03 bits per heavy atom. The highest BCUT2D eigenvalue weighted by atomic mass is 16.5. The second-order valence-corrected chi connectivity index (χ2v) is 8.51. The molecule has 0 aliphatic carbocycles. The average Bonchev–Trinajstić information content (AvgIpc) is 2.91. The smallest absolute Gasteiger partial charge is 0.256 e. The van der Waals surface area contributed by atoms with Gasteiger partial charge in [0.25, 0.3) is 5.91 Å². The Labute approximate surface area is 209 Å². The molecule has 9 nitrogen and oxygen atoms in total. The number of morpholine rings is 1. The van der Waals surface area contributed by atoms with Crippen molar-refractivity contribution >= 4 is 23.2 Å². The third-order valence-electron chi connectivity index (χ3n) is 5.96. The summed E-state index contributed by atoms with van der Waals surface area (Å²) in [4.78, 5) is 32.8. The van der Waals surface area contributed by atoms with E-state index >= 15 is 0 Å². The molecule has 1 amide bonds. The lowest BCUT2D eigenvalue weighted by atomic mass is 10.1. The molecule has 1 fully saturated rings. The lowest BCUT2D eigenvalue weighted by molar-refractivity contribution is 0.0337. The first-order chi connectivity index (χ1) is 17.7. The molecule has 4 heterocycles. The van der Waals surface area contributed by atoms with Crippen LogP contribution >= 0.6 is 0 Å². The molecule has 0 bridgehead atoms. The fourth-order valence-electron chi connectivity index (χ4n) is 4.00. The number of nitrogens with one attached hydrogen (secondary N) is 2. The maximum atomic E-state index is 13.1. The number of rotatable bonds is 7. The van der Waals surface area contributed by atoms with E-state index in [2.05, 4.69) is 35.5 Å². The molecule has 0 unspecified atom stereocenters. The molecule has 36 heavy (non-hydrogen) atoms. The number of carbonyl (C=O) groups is 1. The van der Waals surface area contributed by atoms with Crippen LogP contribution in [-0.4, -0.2) is 57.0 Å². The number of ether oxygens (including phenoxy) is 1. The first-order valence-corrected chi connectivity index (χ1v) is 11.8. The van der Waals surface area contributed by atoms with Crippen LogP contribution in [0.5, 0.6) is 0 Å². The maximum absolute atomic E-state index is 13.1. The number of anilines is 3. The molecule has 1 aliphatic rings. The molecule has 0 atom stereocenters. The molecule has 1 aromatic carbocycles. The van der Waals surface area contributed by atoms with E-state index in [1.165, 1.54) is 6.33 Å². The Morgan fingerprint density at radius 3 is 2.75 bits per heavy atom. The van der Waals surface area contributed by atoms with E-state index in [0.29, 0.717) is 17.2 Å². The number of pyridine rings is 2. The van der Waals surface area contributed by atoms with Crippen molar-refractivity contribution in [3.63, 3.8) is 0 Å². The van der Waals surface area contributed by atoms with Crippen LogP contribution in [0.3, 0.4) is 0 Å². The van der Waals surface area contributed by atoms with Gasteiger partial charge in [0.2, 0.25) is 0 Å². The Morgan fingerprint density at radius 2 is 1.92 bits per heavy atom. The van der Waals surface area contributed by atoms with Gasteiger partial charge in [-0.05, 0) is 55.0 Å². The van der Waals surface area contributed by atoms with Gasteiger partial charge in [-0.15, -0.1) is 0 Å². The summed E-state index contributed by atoms with van der Waals surface area (Å²) in [6.45, 7) is 5.94. The second kappa shape index (κ2) is 11.0. The number of hydrogen-bond acceptors (Lipinski definition) is 8. The van der Waals surface area contributed by atoms with Gasteiger partial charge in [-0.25, -0.2) is 19.9 Å². The number of carbonyl (C=O) groups excluding carboxylic acids is 1. The number of hydrogen-bond donors (Lipinski definition) is 2. The van der Waals surface area contributed by atoms with Crippen molar-refractivity contribution in [3.05, 3.63) is 90.1 Å². The van der Waals surface area contributed by atoms with E-state index in [0.717, 1.165) is 61.1 Å². The third-order valence-corrected chi connectivity index (χ3v) is 5.96. The summed E-state index contributed by atoms with van der Waals surface area (Å²) in [7, 11) is 0. The maximum Gasteiger partial charge on any atom is 0.256 e. The Hall–Kier alpha value is -4.21. The third kappa shape index (κ3) is 5.70. The van der Waals surface area contributed by atoms with Crippen LogP contribution in [0.25, 0.3) is 11.3 Å². The van der Waals surface area contributed by atoms with E-state index in [9.17, 15) is 4.79 Å². The summed E-state index contributed by atoms with van der Waals surface area (Å²) in [6.07, 6.45) is 4.92. The van der Waals surface area contributed by atoms with Gasteiger partial charge >= 0.3 is 0 Å². The van der Waals surface area contributed by atoms with Crippen LogP contribution in [0.1, 0.15) is 21.6 Å². The van der Waals surface area contributed by atoms with E-state index in [1.807, 2.05) is 49.4 Å². The number of nitrogens with zero attached hydrogens (tertiary/aromatic N) is 5. The fraction of sp³-hybridized carbons (Fsp3) is 0.222. The van der Waals surface area contributed by atoms with Gasteiger partial charge in [-0.1, -0.05) is 12.1 Å². The van der Waals surface area contributed by atoms with E-state index in [4.69, 9.17) is 4.74 Å². The molecule has 1 aliphatic heterocycles. The normalized spacial score (nSPS) is 13.8. The average molecular weight is 482 g/mol. The highest BCUT2D eigenvalue weighted by molar-refractivity contribution is 6.04. The first kappa shape index (κ1) is 23.5. The van der Waals surface area contributed by atoms with Gasteiger partial charge < -0.3 is 15.4 Å². The van der Waals surface area contributed by atoms with Crippen molar-refractivity contribution in [1.82, 2.24) is 24.8 Å². The number of amides is 1. The summed E-state index contributed by atoms with van der Waals surface area (Å²) in [5.74, 6) is 0.942. The number of benzene rings is 1. The Balaban J connectivity index is 1.32. The summed E-state index contributed by atoms with van der Waals surface area (Å²) in [5.41, 5.74) is 4.80. The van der Waals surface area contributed by atoms with Gasteiger partial charge in [-0.3, -0.25) is 9.69 Å². The SMILES string of the molecule is Cc1ccc(C(=O)Nc2cccc(CN3CCOCC3)n2)cc1Nc1ncccc1-c1ccncn1. The van der Waals surface area contributed by atoms with Crippen molar-refractivity contribution in [1.29, 1.82) is 0 Å². The minimum Gasteiger partial charge on any atom is -0.379 e. The minimum atomic E-state index is -0.230. The van der Waals surface area contributed by atoms with Crippen molar-refractivity contribution < 1.29 is 9.53 Å². The predicted molar refractivity (Wildman–Crippen MR) is 138 cm³/mol. The monoisotopic (exact) mass is 481 g/mol. The van der Waals surface area contributed by atoms with Crippen molar-refractivity contribution in [3.8, 4) is 11.3 Å². The zero-order chi connectivity index (χ0) is 24.7. The Bertz CT molecular complexity index is 1340. The summed E-state index contributed by atoms with van der Waals surface area (Å²) < 4.78 is 5.41. The predicted octanol–water partition coefficient (Wildman–Crippen LogP) is 4.07. The topological polar surface area (TPSA) is 105 Å². The fourth-order valence-corrected chi connectivity index (χ4v) is 4.00. The van der Waals surface area contributed by atoms with E-state index < -0.39 is 0 Å². The molecular weight excluding hydrogens is 454 g/mol. The minimum absolute atomic E-state index is 0.230. The van der Waals surface area contributed by atoms with Gasteiger partial charge in [0, 0.05) is 48.8 Å². The van der Waals surface area contributed by atoms with Crippen LogP contribution in [-0.2, 0) is 11.3 Å². The summed E-state index contributed by atoms with van der Waals surface area (Å²) in [6, 6.07) is 16.9. The van der Waals surface area contributed by atoms with Crippen LogP contribution in [0.4, 0.5) is 17.3 Å². The molecular formula is C27H27N7O2. The van der Waals surface area contributed by atoms with Gasteiger partial charge in [-0.2, -0.15) is 0 Å². The molecule has 3 aromatic heterocycles. The lowest BCUT2D eigenvalue weighted by Gasteiger charge is -2.26. The molecule has 0 radical (unpaired) electrons. The Kier molecular flexibility index (Phi) is 7.20. The highest BCUT2D eigenvalue weighted by Gasteiger charge is 2.14. The quantitative estimate of drug-likeness (QED) is 0.407. The molecule has 0 saturated carbocycles. The second-order valence-electron chi connectivity index (χ2n) is 8.51. The molecule has 0 spiro atoms. The summed E-state index contributed by atoms with van der Waals surface area (Å²) in [5, 5.41) is 6.30. The zero-order valence-corrected chi connectivity index (χ0v) is 20.0. The van der Waals surface area contributed by atoms with Crippen LogP contribution in [0.2, 0.25) is 0 Å². The molecule has 182 valence electrons. The number of aromatic nitrogens is 4. The molecule has 1 saturated heterocycles. The standard InChI is InChI=1S/C27H27N7O2/c1-19-7-8-20(16-24(19)32-26-22(5-3-10-29-26)23-9-11-28-18-30-23)27(35)33-25-6-2-4-21(31-25)17-34-12-14-36-15-13-34/h2-11,16,18H,12-15,17H2,1H3,(H,29,32)(H,31,33,35). The van der Waals surface area contributed by atoms with Crippen LogP contribution in [0, 0.1) is 6.92 Å². The van der Waals surface area contributed by atoms with Crippen LogP contribution < -0.4 is 10.6 Å². The van der Waals surface area contributed by atoms with Crippen molar-refractivity contribution in [2.75, 3.05) is 36.9 Å². The van der Waals surface area contributed by atoms with E-state index in [-0.39, 0.29) is 5.91 Å². The molecule has 9 heteroatoms. The molecule has 5 rings (SSSR count). The van der Waals surface area contributed by atoms with Gasteiger partial charge in [0.05, 0.1) is 24.6 Å². The van der Waals surface area contributed by atoms with Crippen LogP contribution in [0.15, 0.2) is 73.3 Å². The largest absolute Gasteiger partial charge is 0.379 e.